The predicted molar refractivity (Wildman–Crippen MR) is 143 cm³/mol. The van der Waals surface area contributed by atoms with Crippen LogP contribution in [0.2, 0.25) is 15.1 Å². The summed E-state index contributed by atoms with van der Waals surface area (Å²) >= 11 is 18.9. The van der Waals surface area contributed by atoms with Crippen LogP contribution in [-0.2, 0) is 26.2 Å². The second-order valence-corrected chi connectivity index (χ2v) is 11.4. The summed E-state index contributed by atoms with van der Waals surface area (Å²) in [5.41, 5.74) is 1.47. The predicted octanol–water partition coefficient (Wildman–Crippen LogP) is 5.05. The average molecular weight is 563 g/mol. The zero-order valence-electron chi connectivity index (χ0n) is 20.1. The number of anilines is 1. The van der Waals surface area contributed by atoms with Gasteiger partial charge in [0.25, 0.3) is 0 Å². The molecule has 0 saturated carbocycles. The lowest BCUT2D eigenvalue weighted by atomic mass is 10.1. The van der Waals surface area contributed by atoms with Gasteiger partial charge in [0.2, 0.25) is 21.8 Å². The number of unbranched alkanes of at least 4 members (excludes halogenated alkanes) is 1. The molecule has 0 aliphatic heterocycles. The van der Waals surface area contributed by atoms with Crippen LogP contribution in [-0.4, -0.2) is 50.5 Å². The van der Waals surface area contributed by atoms with Crippen molar-refractivity contribution >= 4 is 62.3 Å². The molecule has 35 heavy (non-hydrogen) atoms. The molecule has 0 saturated heterocycles. The number of benzene rings is 2. The fourth-order valence-corrected chi connectivity index (χ4v) is 4.86. The summed E-state index contributed by atoms with van der Waals surface area (Å²) in [5.74, 6) is -0.958. The number of hydrogen-bond acceptors (Lipinski definition) is 4. The van der Waals surface area contributed by atoms with Crippen molar-refractivity contribution in [1.82, 2.24) is 10.2 Å². The summed E-state index contributed by atoms with van der Waals surface area (Å²) in [6, 6.07) is 8.77. The van der Waals surface area contributed by atoms with E-state index in [4.69, 9.17) is 34.8 Å². The number of nitrogens with zero attached hydrogens (tertiary/aromatic N) is 2. The Bertz CT molecular complexity index is 1150. The molecule has 0 bridgehead atoms. The van der Waals surface area contributed by atoms with E-state index in [1.165, 1.54) is 11.0 Å². The topological polar surface area (TPSA) is 86.8 Å². The molecular weight excluding hydrogens is 533 g/mol. The molecule has 2 rings (SSSR count). The first kappa shape index (κ1) is 29.2. The van der Waals surface area contributed by atoms with Gasteiger partial charge in [-0.05, 0) is 50.1 Å². The molecule has 1 N–H and O–H groups in total. The highest BCUT2D eigenvalue weighted by molar-refractivity contribution is 7.92. The quantitative estimate of drug-likeness (QED) is 0.388. The van der Waals surface area contributed by atoms with Crippen molar-refractivity contribution < 1.29 is 18.0 Å². The number of carbonyl (C=O) groups excluding carboxylic acids is 2. The maximum Gasteiger partial charge on any atom is 0.244 e. The molecule has 0 aliphatic carbocycles. The molecule has 0 radical (unpaired) electrons. The van der Waals surface area contributed by atoms with E-state index in [1.807, 2.05) is 6.92 Å². The van der Waals surface area contributed by atoms with Gasteiger partial charge in [-0.3, -0.25) is 13.9 Å². The molecule has 1 atom stereocenters. The Balaban J connectivity index is 2.43. The van der Waals surface area contributed by atoms with Gasteiger partial charge in [-0.2, -0.15) is 0 Å². The van der Waals surface area contributed by atoms with Crippen LogP contribution in [0, 0.1) is 6.92 Å². The Labute approximate surface area is 222 Å². The number of hydrogen-bond donors (Lipinski definition) is 1. The van der Waals surface area contributed by atoms with Crippen LogP contribution in [0.1, 0.15) is 37.8 Å². The number of sulfonamides is 1. The van der Waals surface area contributed by atoms with Gasteiger partial charge < -0.3 is 10.2 Å². The Morgan fingerprint density at radius 2 is 1.69 bits per heavy atom. The van der Waals surface area contributed by atoms with Gasteiger partial charge >= 0.3 is 0 Å². The van der Waals surface area contributed by atoms with Crippen molar-refractivity contribution in [3.8, 4) is 0 Å². The van der Waals surface area contributed by atoms with Gasteiger partial charge in [-0.1, -0.05) is 60.3 Å². The minimum absolute atomic E-state index is 0.0774. The van der Waals surface area contributed by atoms with Crippen molar-refractivity contribution in [3.05, 3.63) is 62.6 Å². The Kier molecular flexibility index (Phi) is 10.7. The lowest BCUT2D eigenvalue weighted by molar-refractivity contribution is -0.139. The minimum atomic E-state index is -3.85. The highest BCUT2D eigenvalue weighted by Gasteiger charge is 2.31. The molecule has 2 amide bonds. The largest absolute Gasteiger partial charge is 0.354 e. The summed E-state index contributed by atoms with van der Waals surface area (Å²) in [4.78, 5) is 27.7. The normalized spacial score (nSPS) is 12.2. The second kappa shape index (κ2) is 12.8. The average Bonchev–Trinajstić information content (AvgIpc) is 2.78. The third-order valence-electron chi connectivity index (χ3n) is 5.51. The fraction of sp³-hybridized carbons (Fsp3) is 0.417. The standard InChI is InChI=1S/C24H30Cl3N3O4S/c1-5-6-12-28-24(32)17(3)29(14-19-20(25)8-7-9-21(19)26)23(31)15-30(35(4,33)34)18-11-10-16(2)22(27)13-18/h7-11,13,17H,5-6,12,14-15H2,1-4H3,(H,28,32). The molecule has 0 spiro atoms. The van der Waals surface area contributed by atoms with E-state index in [0.717, 1.165) is 29.0 Å². The van der Waals surface area contributed by atoms with E-state index in [0.29, 0.717) is 27.2 Å². The molecule has 7 nitrogen and oxygen atoms in total. The Morgan fingerprint density at radius 1 is 1.06 bits per heavy atom. The van der Waals surface area contributed by atoms with Crippen LogP contribution >= 0.6 is 34.8 Å². The van der Waals surface area contributed by atoms with Crippen molar-refractivity contribution in [2.75, 3.05) is 23.7 Å². The summed E-state index contributed by atoms with van der Waals surface area (Å²) in [6.45, 7) is 5.22. The van der Waals surface area contributed by atoms with Crippen LogP contribution in [0.15, 0.2) is 36.4 Å². The van der Waals surface area contributed by atoms with E-state index < -0.39 is 28.5 Å². The zero-order valence-corrected chi connectivity index (χ0v) is 23.2. The molecule has 0 aromatic heterocycles. The number of nitrogens with one attached hydrogen (secondary N) is 1. The Morgan fingerprint density at radius 3 is 2.23 bits per heavy atom. The first-order valence-corrected chi connectivity index (χ1v) is 14.1. The third-order valence-corrected chi connectivity index (χ3v) is 7.77. The van der Waals surface area contributed by atoms with Gasteiger partial charge in [0.1, 0.15) is 12.6 Å². The second-order valence-electron chi connectivity index (χ2n) is 8.25. The van der Waals surface area contributed by atoms with Crippen molar-refractivity contribution in [1.29, 1.82) is 0 Å². The Hall–Kier alpha value is -2.00. The number of amides is 2. The third kappa shape index (κ3) is 8.00. The lowest BCUT2D eigenvalue weighted by Gasteiger charge is -2.32. The number of aryl methyl sites for hydroxylation is 1. The van der Waals surface area contributed by atoms with Gasteiger partial charge in [0.15, 0.2) is 0 Å². The summed E-state index contributed by atoms with van der Waals surface area (Å²) in [5, 5.41) is 3.85. The van der Waals surface area contributed by atoms with Gasteiger partial charge in [0, 0.05) is 33.7 Å². The molecule has 11 heteroatoms. The molecule has 1 unspecified atom stereocenters. The summed E-state index contributed by atoms with van der Waals surface area (Å²) in [7, 11) is -3.85. The summed E-state index contributed by atoms with van der Waals surface area (Å²) in [6.07, 6.45) is 2.69. The van der Waals surface area contributed by atoms with Crippen LogP contribution in [0.4, 0.5) is 5.69 Å². The molecule has 2 aromatic carbocycles. The van der Waals surface area contributed by atoms with Crippen LogP contribution < -0.4 is 9.62 Å². The van der Waals surface area contributed by atoms with Gasteiger partial charge in [0.05, 0.1) is 11.9 Å². The lowest BCUT2D eigenvalue weighted by Crippen LogP contribution is -2.51. The molecular formula is C24H30Cl3N3O4S. The van der Waals surface area contributed by atoms with E-state index in [9.17, 15) is 18.0 Å². The van der Waals surface area contributed by atoms with E-state index in [1.54, 1.807) is 44.2 Å². The molecule has 192 valence electrons. The van der Waals surface area contributed by atoms with E-state index >= 15 is 0 Å². The smallest absolute Gasteiger partial charge is 0.244 e. The van der Waals surface area contributed by atoms with Crippen molar-refractivity contribution in [3.63, 3.8) is 0 Å². The zero-order chi connectivity index (χ0) is 26.3. The molecule has 0 fully saturated rings. The van der Waals surface area contributed by atoms with Crippen molar-refractivity contribution in [2.24, 2.45) is 0 Å². The molecule has 0 aliphatic rings. The van der Waals surface area contributed by atoms with Gasteiger partial charge in [-0.25, -0.2) is 8.42 Å². The van der Waals surface area contributed by atoms with Crippen molar-refractivity contribution in [2.45, 2.75) is 46.2 Å². The maximum atomic E-state index is 13.5. The van der Waals surface area contributed by atoms with Gasteiger partial charge in [-0.15, -0.1) is 0 Å². The van der Waals surface area contributed by atoms with E-state index in [2.05, 4.69) is 5.32 Å². The summed E-state index contributed by atoms with van der Waals surface area (Å²) < 4.78 is 26.2. The van der Waals surface area contributed by atoms with E-state index in [-0.39, 0.29) is 18.1 Å². The number of carbonyl (C=O) groups is 2. The highest BCUT2D eigenvalue weighted by atomic mass is 35.5. The SMILES string of the molecule is CCCCNC(=O)C(C)N(Cc1c(Cl)cccc1Cl)C(=O)CN(c1ccc(C)c(Cl)c1)S(C)(=O)=O. The maximum absolute atomic E-state index is 13.5. The number of halogens is 3. The minimum Gasteiger partial charge on any atom is -0.354 e. The first-order chi connectivity index (χ1) is 16.4. The molecule has 2 aromatic rings. The first-order valence-electron chi connectivity index (χ1n) is 11.1. The van der Waals surface area contributed by atoms with Crippen LogP contribution in [0.3, 0.4) is 0 Å². The fourth-order valence-electron chi connectivity index (χ4n) is 3.32. The monoisotopic (exact) mass is 561 g/mol. The van der Waals surface area contributed by atoms with Crippen LogP contribution in [0.5, 0.6) is 0 Å². The number of rotatable bonds is 11. The molecule has 0 heterocycles. The van der Waals surface area contributed by atoms with Crippen LogP contribution in [0.25, 0.3) is 0 Å². The highest BCUT2D eigenvalue weighted by Crippen LogP contribution is 2.28.